The van der Waals surface area contributed by atoms with Crippen LogP contribution in [-0.2, 0) is 23.9 Å². The molecule has 5 amide bonds. The lowest BCUT2D eigenvalue weighted by Gasteiger charge is -2.27. The highest BCUT2D eigenvalue weighted by atomic mass is 35.5. The summed E-state index contributed by atoms with van der Waals surface area (Å²) in [5.74, 6) is 0.567. The summed E-state index contributed by atoms with van der Waals surface area (Å²) in [5.41, 5.74) is 3.47. The van der Waals surface area contributed by atoms with Gasteiger partial charge in [-0.05, 0) is 71.1 Å². The van der Waals surface area contributed by atoms with Gasteiger partial charge in [0, 0.05) is 52.5 Å². The maximum absolute atomic E-state index is 12.9. The summed E-state index contributed by atoms with van der Waals surface area (Å²) in [7, 11) is 0. The Morgan fingerprint density at radius 1 is 0.881 bits per heavy atom. The topological polar surface area (TPSA) is 206 Å². The maximum Gasteiger partial charge on any atom is 0.416 e. The monoisotopic (exact) mass is 819 g/mol. The van der Waals surface area contributed by atoms with Crippen LogP contribution in [-0.4, -0.2) is 76.6 Å². The number of aromatic nitrogens is 6. The van der Waals surface area contributed by atoms with Gasteiger partial charge in [0.15, 0.2) is 11.3 Å². The van der Waals surface area contributed by atoms with E-state index in [4.69, 9.17) is 21.3 Å². The molecule has 2 saturated carbocycles. The number of amides is 5. The number of halogens is 1. The van der Waals surface area contributed by atoms with E-state index < -0.39 is 17.6 Å². The number of anilines is 3. The SMILES string of the molecule is CC(C)(C)OC(=O)N(c1cc(Cl)nc2c(/C=C3\CC(=O)NC3=O)cnn12)C1CC1.C[C@H](Nc1cc(NC2CC2)n2ncc(/C=C3\CC(=O)NC3=O)c2n1)c1ccccc1. The summed E-state index contributed by atoms with van der Waals surface area (Å²) in [6.07, 6.45) is 10.00. The van der Waals surface area contributed by atoms with E-state index in [1.165, 1.54) is 10.7 Å². The largest absolute Gasteiger partial charge is 0.443 e. The minimum Gasteiger partial charge on any atom is -0.443 e. The first-order chi connectivity index (χ1) is 28.2. The molecule has 0 spiro atoms. The van der Waals surface area contributed by atoms with Gasteiger partial charge in [-0.2, -0.15) is 19.2 Å². The van der Waals surface area contributed by atoms with Crippen molar-refractivity contribution in [1.29, 1.82) is 0 Å². The van der Waals surface area contributed by atoms with Crippen molar-refractivity contribution in [1.82, 2.24) is 39.8 Å². The zero-order chi connectivity index (χ0) is 41.6. The van der Waals surface area contributed by atoms with Gasteiger partial charge in [0.05, 0.1) is 25.2 Å². The van der Waals surface area contributed by atoms with Gasteiger partial charge >= 0.3 is 6.09 Å². The molecule has 4 fully saturated rings. The molecule has 0 radical (unpaired) electrons. The molecule has 0 bridgehead atoms. The number of rotatable bonds is 9. The Balaban J connectivity index is 0.000000164. The van der Waals surface area contributed by atoms with E-state index in [2.05, 4.69) is 55.5 Å². The van der Waals surface area contributed by atoms with Crippen LogP contribution in [0, 0.1) is 0 Å². The summed E-state index contributed by atoms with van der Waals surface area (Å²) in [6, 6.07) is 14.2. The Kier molecular flexibility index (Phi) is 10.4. The van der Waals surface area contributed by atoms with E-state index in [0.717, 1.165) is 37.1 Å². The molecule has 2 aliphatic heterocycles. The highest BCUT2D eigenvalue weighted by Crippen LogP contribution is 2.35. The minimum absolute atomic E-state index is 0.00393. The van der Waals surface area contributed by atoms with Crippen molar-refractivity contribution in [2.24, 2.45) is 0 Å². The summed E-state index contributed by atoms with van der Waals surface area (Å²) in [6.45, 7) is 7.49. The van der Waals surface area contributed by atoms with E-state index in [1.807, 2.05) is 24.3 Å². The van der Waals surface area contributed by atoms with E-state index >= 15 is 0 Å². The smallest absolute Gasteiger partial charge is 0.416 e. The predicted octanol–water partition coefficient (Wildman–Crippen LogP) is 5.62. The maximum atomic E-state index is 12.9. The fourth-order valence-corrected chi connectivity index (χ4v) is 6.82. The Morgan fingerprint density at radius 3 is 2.02 bits per heavy atom. The number of ether oxygens (including phenoxy) is 1. The molecule has 4 N–H and O–H groups in total. The predicted molar refractivity (Wildman–Crippen MR) is 219 cm³/mol. The van der Waals surface area contributed by atoms with Gasteiger partial charge < -0.3 is 15.4 Å². The summed E-state index contributed by atoms with van der Waals surface area (Å²) in [4.78, 5) is 70.3. The molecular formula is C41H42ClN11O6. The van der Waals surface area contributed by atoms with Crippen molar-refractivity contribution in [2.45, 2.75) is 89.9 Å². The number of hydrogen-bond donors (Lipinski definition) is 4. The van der Waals surface area contributed by atoms with Gasteiger partial charge in [-0.25, -0.2) is 14.8 Å². The Bertz CT molecular complexity index is 2580. The van der Waals surface area contributed by atoms with Crippen LogP contribution >= 0.6 is 11.6 Å². The number of nitrogens with zero attached hydrogens (tertiary/aromatic N) is 7. The normalized spacial score (nSPS) is 18.5. The molecule has 4 aromatic heterocycles. The van der Waals surface area contributed by atoms with Crippen LogP contribution in [0.3, 0.4) is 0 Å². The second-order valence-electron chi connectivity index (χ2n) is 15.9. The van der Waals surface area contributed by atoms with Crippen LogP contribution in [0.1, 0.15) is 89.0 Å². The fraction of sp³-hybridized carbons (Fsp3) is 0.341. The number of benzene rings is 1. The van der Waals surface area contributed by atoms with E-state index in [9.17, 15) is 24.0 Å². The first-order valence-electron chi connectivity index (χ1n) is 19.3. The summed E-state index contributed by atoms with van der Waals surface area (Å²) in [5, 5.41) is 20.5. The molecule has 0 unspecified atom stereocenters. The second-order valence-corrected chi connectivity index (χ2v) is 16.2. The van der Waals surface area contributed by atoms with Crippen LogP contribution in [0.2, 0.25) is 5.15 Å². The minimum atomic E-state index is -0.651. The lowest BCUT2D eigenvalue weighted by Crippen LogP contribution is -2.39. The van der Waals surface area contributed by atoms with Crippen molar-refractivity contribution in [3.8, 4) is 0 Å². The number of carbonyl (C=O) groups excluding carboxylic acids is 5. The summed E-state index contributed by atoms with van der Waals surface area (Å²) < 4.78 is 8.81. The van der Waals surface area contributed by atoms with Crippen molar-refractivity contribution < 1.29 is 28.7 Å². The number of hydrogen-bond acceptors (Lipinski definition) is 12. The zero-order valence-electron chi connectivity index (χ0n) is 32.8. The van der Waals surface area contributed by atoms with Gasteiger partial charge in [0.25, 0.3) is 11.8 Å². The fourth-order valence-electron chi connectivity index (χ4n) is 6.64. The number of nitrogens with one attached hydrogen (secondary N) is 4. The second kappa shape index (κ2) is 15.6. The zero-order valence-corrected chi connectivity index (χ0v) is 33.5. The molecule has 59 heavy (non-hydrogen) atoms. The number of carbonyl (C=O) groups is 5. The Labute approximate surface area is 343 Å². The van der Waals surface area contributed by atoms with Crippen molar-refractivity contribution in [3.63, 3.8) is 0 Å². The molecule has 2 aliphatic carbocycles. The quantitative estimate of drug-likeness (QED) is 0.0812. The Morgan fingerprint density at radius 2 is 1.47 bits per heavy atom. The lowest BCUT2D eigenvalue weighted by atomic mass is 10.1. The molecule has 6 heterocycles. The lowest BCUT2D eigenvalue weighted by molar-refractivity contribution is -0.125. The molecule has 1 aromatic carbocycles. The van der Waals surface area contributed by atoms with Crippen LogP contribution in [0.25, 0.3) is 23.4 Å². The highest BCUT2D eigenvalue weighted by molar-refractivity contribution is 6.30. The van der Waals surface area contributed by atoms with Crippen molar-refractivity contribution in [2.75, 3.05) is 15.5 Å². The van der Waals surface area contributed by atoms with Crippen molar-refractivity contribution >= 4 is 82.2 Å². The van der Waals surface area contributed by atoms with Gasteiger partial charge in [-0.1, -0.05) is 41.9 Å². The standard InChI is InChI=1S/C22H22N6O2.C19H20ClN5O4/c1-13(14-5-3-2-4-6-14)24-18-11-19(25-17-7-8-17)28-21(26-18)16(12-23-28)9-15-10-20(29)27-22(15)30;1-19(2,3)29-18(28)24(12-4-5-12)15-8-13(20)22-16-11(9-21-25(15)16)6-10-7-14(26)23-17(10)27/h2-6,9,11-13,17,25H,7-8,10H2,1H3,(H,24,26)(H,27,29,30);6,8-9,12H,4-5,7H2,1-3H3,(H,23,26,27)/b15-9+;10-6+/t13-;/m0./s1. The van der Waals surface area contributed by atoms with Crippen LogP contribution < -0.4 is 26.2 Å². The molecule has 4 aliphatic rings. The third-order valence-corrected chi connectivity index (χ3v) is 9.93. The van der Waals surface area contributed by atoms with Crippen LogP contribution in [0.4, 0.5) is 22.2 Å². The van der Waals surface area contributed by atoms with Gasteiger partial charge in [0.1, 0.15) is 28.2 Å². The first-order valence-corrected chi connectivity index (χ1v) is 19.7. The molecule has 1 atom stereocenters. The average Bonchev–Trinajstić information content (AvgIpc) is 4.04. The molecule has 9 rings (SSSR count). The van der Waals surface area contributed by atoms with E-state index in [-0.39, 0.29) is 47.8 Å². The van der Waals surface area contributed by atoms with E-state index in [1.54, 1.807) is 54.6 Å². The average molecular weight is 820 g/mol. The molecule has 18 heteroatoms. The molecular weight excluding hydrogens is 778 g/mol. The molecule has 304 valence electrons. The molecule has 2 saturated heterocycles. The Hall–Kier alpha value is -6.62. The van der Waals surface area contributed by atoms with Gasteiger partial charge in [0.2, 0.25) is 11.8 Å². The summed E-state index contributed by atoms with van der Waals surface area (Å²) >= 11 is 6.24. The van der Waals surface area contributed by atoms with Crippen molar-refractivity contribution in [3.05, 3.63) is 87.8 Å². The van der Waals surface area contributed by atoms with Crippen LogP contribution in [0.5, 0.6) is 0 Å². The third kappa shape index (κ3) is 8.94. The number of fused-ring (bicyclic) bond motifs is 2. The first kappa shape index (κ1) is 39.2. The van der Waals surface area contributed by atoms with E-state index in [0.29, 0.717) is 51.2 Å². The van der Waals surface area contributed by atoms with Crippen LogP contribution in [0.15, 0.2) is 66.0 Å². The molecule has 17 nitrogen and oxygen atoms in total. The third-order valence-electron chi connectivity index (χ3n) is 9.74. The van der Waals surface area contributed by atoms with Gasteiger partial charge in [-0.3, -0.25) is 34.7 Å². The number of imide groups is 2. The molecule has 5 aromatic rings. The highest BCUT2D eigenvalue weighted by Gasteiger charge is 2.38. The van der Waals surface area contributed by atoms with Gasteiger partial charge in [-0.15, -0.1) is 0 Å².